The molecule has 4 aromatic rings. The number of anilines is 1. The molecule has 0 amide bonds. The van der Waals surface area contributed by atoms with E-state index in [0.29, 0.717) is 6.42 Å². The predicted molar refractivity (Wildman–Crippen MR) is 168 cm³/mol. The van der Waals surface area contributed by atoms with Gasteiger partial charge in [-0.3, -0.25) is 9.13 Å². The Morgan fingerprint density at radius 3 is 1.93 bits per heavy atom. The highest BCUT2D eigenvalue weighted by molar-refractivity contribution is 7.53. The van der Waals surface area contributed by atoms with Crippen LogP contribution in [0.25, 0.3) is 0 Å². The van der Waals surface area contributed by atoms with E-state index in [1.807, 2.05) is 84.9 Å². The monoisotopic (exact) mass is 605 g/mol. The van der Waals surface area contributed by atoms with Gasteiger partial charge in [0.2, 0.25) is 0 Å². The van der Waals surface area contributed by atoms with Gasteiger partial charge >= 0.3 is 13.3 Å². The highest BCUT2D eigenvalue weighted by Gasteiger charge is 2.38. The zero-order valence-corrected chi connectivity index (χ0v) is 25.8. The standard InChI is InChI=1S/C33H40N3O6P/c1-4-41-43(38,42-5-2)23-21-26(24-36-22-20-31(34)35-32(36)37)25-40-33(27-12-8-6-9-13-27,28-14-10-7-11-15-28)29-16-18-30(39-3)19-17-29/h6-20,22,26H,4-5,21,23-25H2,1-3H3,(H2,34,35,37). The van der Waals surface area contributed by atoms with E-state index in [1.165, 1.54) is 4.57 Å². The Labute approximate surface area is 253 Å². The molecule has 2 N–H and O–H groups in total. The molecule has 1 aromatic heterocycles. The van der Waals surface area contributed by atoms with Crippen LogP contribution in [0.3, 0.4) is 0 Å². The number of ether oxygens (including phenoxy) is 2. The number of nitrogens with zero attached hydrogens (tertiary/aromatic N) is 2. The summed E-state index contributed by atoms with van der Waals surface area (Å²) >= 11 is 0. The molecule has 43 heavy (non-hydrogen) atoms. The van der Waals surface area contributed by atoms with E-state index in [-0.39, 0.29) is 44.3 Å². The Balaban J connectivity index is 1.77. The number of nitrogen functional groups attached to an aromatic ring is 1. The van der Waals surface area contributed by atoms with Crippen LogP contribution in [-0.2, 0) is 30.5 Å². The average Bonchev–Trinajstić information content (AvgIpc) is 3.03. The summed E-state index contributed by atoms with van der Waals surface area (Å²) in [6, 6.07) is 29.4. The highest BCUT2D eigenvalue weighted by atomic mass is 31.2. The zero-order chi connectivity index (χ0) is 30.7. The van der Waals surface area contributed by atoms with Gasteiger partial charge < -0.3 is 24.3 Å². The maximum atomic E-state index is 13.4. The van der Waals surface area contributed by atoms with Crippen molar-refractivity contribution in [3.05, 3.63) is 124 Å². The van der Waals surface area contributed by atoms with Crippen molar-refractivity contribution in [2.75, 3.05) is 38.8 Å². The second-order valence-corrected chi connectivity index (χ2v) is 12.3. The Bertz CT molecular complexity index is 1480. The number of benzene rings is 3. The third kappa shape index (κ3) is 8.00. The second kappa shape index (κ2) is 15.1. The van der Waals surface area contributed by atoms with Crippen molar-refractivity contribution in [3.8, 4) is 5.75 Å². The van der Waals surface area contributed by atoms with E-state index >= 15 is 0 Å². The van der Waals surface area contributed by atoms with Crippen LogP contribution in [-0.4, -0.2) is 42.6 Å². The van der Waals surface area contributed by atoms with Crippen molar-refractivity contribution >= 4 is 13.4 Å². The van der Waals surface area contributed by atoms with E-state index < -0.39 is 18.9 Å². The summed E-state index contributed by atoms with van der Waals surface area (Å²) in [5.74, 6) is 0.620. The van der Waals surface area contributed by atoms with Crippen LogP contribution in [0.15, 0.2) is 102 Å². The Kier molecular flexibility index (Phi) is 11.3. The maximum Gasteiger partial charge on any atom is 0.349 e. The summed E-state index contributed by atoms with van der Waals surface area (Å²) in [5.41, 5.74) is 7.06. The number of nitrogens with two attached hydrogens (primary N) is 1. The van der Waals surface area contributed by atoms with Gasteiger partial charge in [0.15, 0.2) is 0 Å². The number of hydrogen-bond acceptors (Lipinski definition) is 8. The fourth-order valence-corrected chi connectivity index (χ4v) is 6.95. The molecule has 9 nitrogen and oxygen atoms in total. The molecule has 0 aliphatic rings. The van der Waals surface area contributed by atoms with Crippen LogP contribution < -0.4 is 16.2 Å². The first kappa shape index (κ1) is 32.2. The van der Waals surface area contributed by atoms with E-state index in [4.69, 9.17) is 24.3 Å². The SMILES string of the molecule is CCOP(=O)(CCC(COC(c1ccccc1)(c1ccccc1)c1ccc(OC)cc1)Cn1ccc(N)nc1=O)OCC. The van der Waals surface area contributed by atoms with Gasteiger partial charge in [0, 0.05) is 18.7 Å². The molecule has 0 fully saturated rings. The van der Waals surface area contributed by atoms with Crippen LogP contribution >= 0.6 is 7.60 Å². The van der Waals surface area contributed by atoms with E-state index in [0.717, 1.165) is 22.4 Å². The first-order valence-electron chi connectivity index (χ1n) is 14.4. The third-order valence-corrected chi connectivity index (χ3v) is 9.32. The van der Waals surface area contributed by atoms with Gasteiger partial charge in [-0.25, -0.2) is 4.79 Å². The van der Waals surface area contributed by atoms with Crippen molar-refractivity contribution in [2.24, 2.45) is 5.92 Å². The molecule has 0 bridgehead atoms. The van der Waals surface area contributed by atoms with Gasteiger partial charge in [-0.2, -0.15) is 4.98 Å². The molecule has 0 saturated heterocycles. The van der Waals surface area contributed by atoms with Gasteiger partial charge in [0.25, 0.3) is 0 Å². The van der Waals surface area contributed by atoms with Crippen LogP contribution in [0, 0.1) is 5.92 Å². The number of rotatable bonds is 16. The normalized spacial score (nSPS) is 12.6. The minimum Gasteiger partial charge on any atom is -0.497 e. The molecular formula is C33H40N3O6P. The van der Waals surface area contributed by atoms with Gasteiger partial charge in [0.05, 0.1) is 33.1 Å². The first-order chi connectivity index (χ1) is 20.8. The zero-order valence-electron chi connectivity index (χ0n) is 24.9. The molecule has 0 aliphatic heterocycles. The molecule has 10 heteroatoms. The van der Waals surface area contributed by atoms with Crippen LogP contribution in [0.1, 0.15) is 37.0 Å². The topological polar surface area (TPSA) is 115 Å². The Morgan fingerprint density at radius 1 is 0.860 bits per heavy atom. The highest BCUT2D eigenvalue weighted by Crippen LogP contribution is 2.49. The average molecular weight is 606 g/mol. The van der Waals surface area contributed by atoms with Gasteiger partial charge in [0.1, 0.15) is 17.2 Å². The molecule has 4 rings (SSSR count). The first-order valence-corrected chi connectivity index (χ1v) is 16.2. The maximum absolute atomic E-state index is 13.4. The summed E-state index contributed by atoms with van der Waals surface area (Å²) in [5, 5.41) is 0. The lowest BCUT2D eigenvalue weighted by molar-refractivity contribution is -0.0122. The van der Waals surface area contributed by atoms with Crippen molar-refractivity contribution < 1.29 is 23.1 Å². The predicted octanol–water partition coefficient (Wildman–Crippen LogP) is 6.12. The molecule has 1 atom stereocenters. The van der Waals surface area contributed by atoms with Gasteiger partial charge in [-0.1, -0.05) is 72.8 Å². The fraction of sp³-hybridized carbons (Fsp3) is 0.333. The summed E-state index contributed by atoms with van der Waals surface area (Å²) in [7, 11) is -1.70. The van der Waals surface area contributed by atoms with Gasteiger partial charge in [-0.15, -0.1) is 0 Å². The molecule has 3 aromatic carbocycles. The van der Waals surface area contributed by atoms with Crippen LogP contribution in [0.2, 0.25) is 0 Å². The number of methoxy groups -OCH3 is 1. The molecule has 1 heterocycles. The van der Waals surface area contributed by atoms with E-state index in [9.17, 15) is 9.36 Å². The van der Waals surface area contributed by atoms with Crippen molar-refractivity contribution in [3.63, 3.8) is 0 Å². The Morgan fingerprint density at radius 2 is 1.42 bits per heavy atom. The van der Waals surface area contributed by atoms with E-state index in [1.54, 1.807) is 33.2 Å². The summed E-state index contributed by atoms with van der Waals surface area (Å²) in [6.07, 6.45) is 2.20. The molecule has 0 aliphatic carbocycles. The second-order valence-electron chi connectivity index (χ2n) is 10.1. The van der Waals surface area contributed by atoms with Crippen LogP contribution in [0.5, 0.6) is 5.75 Å². The number of aromatic nitrogens is 2. The quantitative estimate of drug-likeness (QED) is 0.120. The summed E-state index contributed by atoms with van der Waals surface area (Å²) in [6.45, 7) is 4.59. The van der Waals surface area contributed by atoms with Crippen molar-refractivity contribution in [1.82, 2.24) is 9.55 Å². The Hall–Kier alpha value is -3.75. The van der Waals surface area contributed by atoms with Crippen molar-refractivity contribution in [2.45, 2.75) is 32.4 Å². The van der Waals surface area contributed by atoms with E-state index in [2.05, 4.69) is 4.98 Å². The van der Waals surface area contributed by atoms with Crippen LogP contribution in [0.4, 0.5) is 5.82 Å². The molecule has 1 unspecified atom stereocenters. The number of hydrogen-bond donors (Lipinski definition) is 1. The van der Waals surface area contributed by atoms with Gasteiger partial charge in [-0.05, 0) is 55.2 Å². The molecule has 0 saturated carbocycles. The summed E-state index contributed by atoms with van der Waals surface area (Å²) < 4.78 is 38.6. The lowest BCUT2D eigenvalue weighted by atomic mass is 9.80. The van der Waals surface area contributed by atoms with Crippen molar-refractivity contribution in [1.29, 1.82) is 0 Å². The minimum atomic E-state index is -3.34. The summed E-state index contributed by atoms with van der Waals surface area (Å²) in [4.78, 5) is 16.6. The lowest BCUT2D eigenvalue weighted by Crippen LogP contribution is -2.36. The molecule has 0 radical (unpaired) electrons. The minimum absolute atomic E-state index is 0.151. The smallest absolute Gasteiger partial charge is 0.349 e. The molecular weight excluding hydrogens is 565 g/mol. The molecule has 0 spiro atoms. The largest absolute Gasteiger partial charge is 0.497 e. The lowest BCUT2D eigenvalue weighted by Gasteiger charge is -2.37. The third-order valence-electron chi connectivity index (χ3n) is 7.21. The fourth-order valence-electron chi connectivity index (χ4n) is 5.15. The molecule has 228 valence electrons.